The molecule has 0 atom stereocenters. The molecule has 7 nitrogen and oxygen atoms in total. The third-order valence-electron chi connectivity index (χ3n) is 4.50. The Balaban J connectivity index is 2.18. The summed E-state index contributed by atoms with van der Waals surface area (Å²) in [5.41, 5.74) is 2.69. The van der Waals surface area contributed by atoms with Gasteiger partial charge in [0.2, 0.25) is 5.88 Å². The van der Waals surface area contributed by atoms with Crippen molar-refractivity contribution in [2.75, 3.05) is 27.3 Å². The number of methoxy groups -OCH3 is 1. The van der Waals surface area contributed by atoms with Crippen LogP contribution in [0.15, 0.2) is 16.9 Å². The third-order valence-corrected chi connectivity index (χ3v) is 4.50. The predicted octanol–water partition coefficient (Wildman–Crippen LogP) is 1.52. The first kappa shape index (κ1) is 16.6. The number of hydrogen-bond donors (Lipinski definition) is 1. The number of nitrogens with zero attached hydrogens (tertiary/aromatic N) is 3. The summed E-state index contributed by atoms with van der Waals surface area (Å²) in [4.78, 5) is 18.2. The second kappa shape index (κ2) is 6.33. The molecule has 2 aromatic rings. The summed E-state index contributed by atoms with van der Waals surface area (Å²) in [6, 6.07) is 3.86. The molecule has 1 aliphatic rings. The average molecular weight is 333 g/mol. The molecule has 1 aliphatic heterocycles. The SMILES string of the molecule is COc1cc(C)cc(C)c1-c1c(O)n2n(c1=O)CCN(OC)CC2. The number of hydrogen-bond acceptors (Lipinski definition) is 5. The zero-order chi connectivity index (χ0) is 17.4. The van der Waals surface area contributed by atoms with E-state index in [-0.39, 0.29) is 11.4 Å². The molecule has 24 heavy (non-hydrogen) atoms. The standard InChI is InChI=1S/C17H23N3O4/c1-11-9-12(2)14(13(10-11)23-3)15-16(21)19-7-5-18(24-4)6-8-20(19)17(15)22/h9-10,21H,5-8H2,1-4H3. The van der Waals surface area contributed by atoms with Crippen molar-refractivity contribution in [3.63, 3.8) is 0 Å². The summed E-state index contributed by atoms with van der Waals surface area (Å²) in [6.45, 7) is 6.00. The van der Waals surface area contributed by atoms with Gasteiger partial charge in [-0.3, -0.25) is 4.79 Å². The fourth-order valence-electron chi connectivity index (χ4n) is 3.36. The van der Waals surface area contributed by atoms with Crippen LogP contribution in [-0.4, -0.2) is 46.8 Å². The number of aryl methyl sites for hydroxylation is 2. The quantitative estimate of drug-likeness (QED) is 0.922. The summed E-state index contributed by atoms with van der Waals surface area (Å²) < 4.78 is 8.66. The summed E-state index contributed by atoms with van der Waals surface area (Å²) in [5.74, 6) is 0.572. The smallest absolute Gasteiger partial charge is 0.278 e. The number of aromatic hydroxyl groups is 1. The lowest BCUT2D eigenvalue weighted by Gasteiger charge is -2.15. The molecule has 1 aromatic heterocycles. The van der Waals surface area contributed by atoms with Crippen molar-refractivity contribution < 1.29 is 14.7 Å². The molecular formula is C17H23N3O4. The van der Waals surface area contributed by atoms with Crippen LogP contribution in [0.2, 0.25) is 0 Å². The van der Waals surface area contributed by atoms with Gasteiger partial charge in [-0.05, 0) is 31.0 Å². The number of benzene rings is 1. The fraction of sp³-hybridized carbons (Fsp3) is 0.471. The zero-order valence-electron chi connectivity index (χ0n) is 14.5. The van der Waals surface area contributed by atoms with Crippen LogP contribution in [0.25, 0.3) is 11.1 Å². The Kier molecular flexibility index (Phi) is 4.38. The molecule has 0 aliphatic carbocycles. The number of rotatable bonds is 3. The van der Waals surface area contributed by atoms with Gasteiger partial charge in [-0.1, -0.05) is 6.07 Å². The molecule has 7 heteroatoms. The van der Waals surface area contributed by atoms with Gasteiger partial charge in [-0.2, -0.15) is 5.06 Å². The Labute approximate surface area is 140 Å². The van der Waals surface area contributed by atoms with E-state index in [2.05, 4.69) is 0 Å². The van der Waals surface area contributed by atoms with E-state index in [4.69, 9.17) is 9.57 Å². The molecule has 130 valence electrons. The maximum atomic E-state index is 13.0. The molecule has 0 saturated carbocycles. The minimum atomic E-state index is -0.212. The van der Waals surface area contributed by atoms with E-state index in [9.17, 15) is 9.90 Å². The minimum absolute atomic E-state index is 0.0248. The van der Waals surface area contributed by atoms with Crippen LogP contribution in [-0.2, 0) is 17.9 Å². The highest BCUT2D eigenvalue weighted by Gasteiger charge is 2.27. The highest BCUT2D eigenvalue weighted by Crippen LogP contribution is 2.37. The van der Waals surface area contributed by atoms with Crippen LogP contribution in [0.1, 0.15) is 11.1 Å². The number of fused-ring (bicyclic) bond motifs is 1. The van der Waals surface area contributed by atoms with Crippen LogP contribution in [0.3, 0.4) is 0 Å². The fourth-order valence-corrected chi connectivity index (χ4v) is 3.36. The molecule has 0 unspecified atom stereocenters. The van der Waals surface area contributed by atoms with Crippen molar-refractivity contribution in [2.45, 2.75) is 26.9 Å². The van der Waals surface area contributed by atoms with Gasteiger partial charge < -0.3 is 14.7 Å². The Bertz CT molecular complexity index is 822. The normalized spacial score (nSPS) is 15.2. The number of ether oxygens (including phenoxy) is 1. The van der Waals surface area contributed by atoms with Gasteiger partial charge in [0.1, 0.15) is 11.3 Å². The molecule has 0 fully saturated rings. The maximum absolute atomic E-state index is 13.0. The van der Waals surface area contributed by atoms with Gasteiger partial charge >= 0.3 is 0 Å². The minimum Gasteiger partial charge on any atom is -0.496 e. The van der Waals surface area contributed by atoms with E-state index >= 15 is 0 Å². The van der Waals surface area contributed by atoms with Gasteiger partial charge in [0.25, 0.3) is 5.56 Å². The summed E-state index contributed by atoms with van der Waals surface area (Å²) in [7, 11) is 3.18. The zero-order valence-corrected chi connectivity index (χ0v) is 14.5. The molecule has 3 rings (SSSR count). The van der Waals surface area contributed by atoms with E-state index in [1.54, 1.807) is 28.6 Å². The lowest BCUT2D eigenvalue weighted by Crippen LogP contribution is -2.27. The Morgan fingerprint density at radius 2 is 1.67 bits per heavy atom. The van der Waals surface area contributed by atoms with Crippen molar-refractivity contribution in [2.24, 2.45) is 0 Å². The summed E-state index contributed by atoms with van der Waals surface area (Å²) in [6.07, 6.45) is 0. The maximum Gasteiger partial charge on any atom is 0.278 e. The van der Waals surface area contributed by atoms with Gasteiger partial charge in [-0.25, -0.2) is 9.36 Å². The van der Waals surface area contributed by atoms with Crippen LogP contribution in [0.5, 0.6) is 11.6 Å². The molecule has 1 N–H and O–H groups in total. The largest absolute Gasteiger partial charge is 0.496 e. The number of hydroxylamine groups is 2. The lowest BCUT2D eigenvalue weighted by atomic mass is 9.99. The molecule has 0 bridgehead atoms. The first-order valence-electron chi connectivity index (χ1n) is 7.95. The highest BCUT2D eigenvalue weighted by atomic mass is 16.7. The molecule has 0 spiro atoms. The average Bonchev–Trinajstić information content (AvgIpc) is 2.71. The van der Waals surface area contributed by atoms with Crippen molar-refractivity contribution >= 4 is 0 Å². The molecule has 0 radical (unpaired) electrons. The third kappa shape index (κ3) is 2.59. The lowest BCUT2D eigenvalue weighted by molar-refractivity contribution is -0.130. The van der Waals surface area contributed by atoms with E-state index in [1.165, 1.54) is 0 Å². The van der Waals surface area contributed by atoms with Crippen LogP contribution in [0, 0.1) is 13.8 Å². The van der Waals surface area contributed by atoms with Gasteiger partial charge in [0.15, 0.2) is 0 Å². The van der Waals surface area contributed by atoms with E-state index in [0.29, 0.717) is 43.1 Å². The monoisotopic (exact) mass is 333 g/mol. The van der Waals surface area contributed by atoms with E-state index in [0.717, 1.165) is 11.1 Å². The first-order chi connectivity index (χ1) is 11.5. The number of aromatic nitrogens is 2. The second-order valence-corrected chi connectivity index (χ2v) is 6.02. The van der Waals surface area contributed by atoms with Crippen molar-refractivity contribution in [3.05, 3.63) is 33.6 Å². The van der Waals surface area contributed by atoms with E-state index in [1.807, 2.05) is 26.0 Å². The molecule has 2 heterocycles. The van der Waals surface area contributed by atoms with Gasteiger partial charge in [0, 0.05) is 18.7 Å². The molecule has 1 aromatic carbocycles. The Hall–Kier alpha value is -2.25. The highest BCUT2D eigenvalue weighted by molar-refractivity contribution is 5.77. The Morgan fingerprint density at radius 3 is 2.29 bits per heavy atom. The van der Waals surface area contributed by atoms with Crippen molar-refractivity contribution in [3.8, 4) is 22.8 Å². The summed E-state index contributed by atoms with van der Waals surface area (Å²) in [5, 5.41) is 12.5. The first-order valence-corrected chi connectivity index (χ1v) is 7.95. The Morgan fingerprint density at radius 1 is 1.00 bits per heavy atom. The van der Waals surface area contributed by atoms with Crippen molar-refractivity contribution in [1.29, 1.82) is 0 Å². The van der Waals surface area contributed by atoms with Crippen LogP contribution < -0.4 is 10.3 Å². The van der Waals surface area contributed by atoms with E-state index < -0.39 is 0 Å². The summed E-state index contributed by atoms with van der Waals surface area (Å²) >= 11 is 0. The topological polar surface area (TPSA) is 68.9 Å². The predicted molar refractivity (Wildman–Crippen MR) is 90.4 cm³/mol. The van der Waals surface area contributed by atoms with Crippen molar-refractivity contribution in [1.82, 2.24) is 14.4 Å². The van der Waals surface area contributed by atoms with Gasteiger partial charge in [0.05, 0.1) is 27.3 Å². The molecule has 0 saturated heterocycles. The van der Waals surface area contributed by atoms with Crippen LogP contribution >= 0.6 is 0 Å². The molecular weight excluding hydrogens is 310 g/mol. The van der Waals surface area contributed by atoms with Crippen LogP contribution in [0.4, 0.5) is 0 Å². The van der Waals surface area contributed by atoms with Gasteiger partial charge in [-0.15, -0.1) is 0 Å². The second-order valence-electron chi connectivity index (χ2n) is 6.02. The molecule has 0 amide bonds.